The van der Waals surface area contributed by atoms with Crippen LogP contribution in [0.4, 0.5) is 8.78 Å². The predicted octanol–water partition coefficient (Wildman–Crippen LogP) is 2.19. The van der Waals surface area contributed by atoms with Crippen molar-refractivity contribution >= 4 is 23.5 Å². The van der Waals surface area contributed by atoms with Gasteiger partial charge in [-0.05, 0) is 24.1 Å². The first kappa shape index (κ1) is 14.1. The molecule has 0 saturated carbocycles. The van der Waals surface area contributed by atoms with E-state index in [1.54, 1.807) is 6.07 Å². The van der Waals surface area contributed by atoms with E-state index in [0.717, 1.165) is 17.1 Å². The van der Waals surface area contributed by atoms with Crippen LogP contribution in [0.3, 0.4) is 0 Å². The summed E-state index contributed by atoms with van der Waals surface area (Å²) in [6.45, 7) is 0. The molecule has 3 N–H and O–H groups in total. The van der Waals surface area contributed by atoms with Crippen LogP contribution < -0.4 is 11.3 Å². The van der Waals surface area contributed by atoms with Crippen LogP contribution in [0.2, 0.25) is 0 Å². The molecule has 1 heterocycles. The topological polar surface area (TPSA) is 38.0 Å². The molecule has 0 aliphatic carbocycles. The van der Waals surface area contributed by atoms with Gasteiger partial charge in [0.15, 0.2) is 11.6 Å². The highest BCUT2D eigenvalue weighted by atomic mass is 32.2. The van der Waals surface area contributed by atoms with Gasteiger partial charge in [0, 0.05) is 28.6 Å². The van der Waals surface area contributed by atoms with Gasteiger partial charge in [0.1, 0.15) is 0 Å². The molecule has 1 aromatic carbocycles. The number of nitrogens with one attached hydrogen (secondary N) is 1. The fourth-order valence-corrected chi connectivity index (χ4v) is 4.83. The summed E-state index contributed by atoms with van der Waals surface area (Å²) < 4.78 is 26.0. The maximum atomic E-state index is 13.1. The molecule has 2 rings (SSSR count). The van der Waals surface area contributed by atoms with Crippen LogP contribution in [0.15, 0.2) is 18.2 Å². The van der Waals surface area contributed by atoms with Gasteiger partial charge in [-0.15, -0.1) is 0 Å². The smallest absolute Gasteiger partial charge is 0.159 e. The molecule has 0 bridgehead atoms. The second-order valence-electron chi connectivity index (χ2n) is 4.21. The minimum Gasteiger partial charge on any atom is -0.271 e. The molecule has 18 heavy (non-hydrogen) atoms. The first-order chi connectivity index (χ1) is 8.70. The summed E-state index contributed by atoms with van der Waals surface area (Å²) in [6.07, 6.45) is 0.617. The van der Waals surface area contributed by atoms with E-state index in [1.165, 1.54) is 17.9 Å². The first-order valence-electron chi connectivity index (χ1n) is 5.80. The lowest BCUT2D eigenvalue weighted by molar-refractivity contribution is 0.498. The maximum Gasteiger partial charge on any atom is 0.159 e. The molecule has 0 spiro atoms. The van der Waals surface area contributed by atoms with Gasteiger partial charge in [-0.2, -0.15) is 23.5 Å². The van der Waals surface area contributed by atoms with Crippen molar-refractivity contribution in [3.63, 3.8) is 0 Å². The summed E-state index contributed by atoms with van der Waals surface area (Å²) in [5.74, 6) is 7.31. The minimum absolute atomic E-state index is 0.0904. The Morgan fingerprint density at radius 2 is 2.17 bits per heavy atom. The zero-order chi connectivity index (χ0) is 13.0. The van der Waals surface area contributed by atoms with Gasteiger partial charge >= 0.3 is 0 Å². The Labute approximate surface area is 114 Å². The molecule has 0 amide bonds. The Bertz CT molecular complexity index is 398. The number of hydrogen-bond donors (Lipinski definition) is 2. The van der Waals surface area contributed by atoms with E-state index < -0.39 is 11.6 Å². The number of benzene rings is 1. The monoisotopic (exact) mass is 290 g/mol. The summed E-state index contributed by atoms with van der Waals surface area (Å²) in [7, 11) is 0. The Hall–Kier alpha value is -0.300. The summed E-state index contributed by atoms with van der Waals surface area (Å²) in [5, 5.41) is 0.418. The lowest BCUT2D eigenvalue weighted by atomic mass is 10.0. The molecule has 100 valence electrons. The number of thioether (sulfide) groups is 2. The van der Waals surface area contributed by atoms with Gasteiger partial charge in [0.2, 0.25) is 0 Å². The predicted molar refractivity (Wildman–Crippen MR) is 74.7 cm³/mol. The van der Waals surface area contributed by atoms with E-state index in [-0.39, 0.29) is 6.04 Å². The van der Waals surface area contributed by atoms with E-state index in [0.29, 0.717) is 11.7 Å². The van der Waals surface area contributed by atoms with Crippen LogP contribution in [0, 0.1) is 11.6 Å². The van der Waals surface area contributed by atoms with Crippen molar-refractivity contribution in [1.82, 2.24) is 5.43 Å². The van der Waals surface area contributed by atoms with E-state index in [1.807, 2.05) is 23.5 Å². The minimum atomic E-state index is -0.807. The Morgan fingerprint density at radius 3 is 2.78 bits per heavy atom. The van der Waals surface area contributed by atoms with E-state index in [4.69, 9.17) is 5.84 Å². The van der Waals surface area contributed by atoms with Crippen LogP contribution in [0.25, 0.3) is 0 Å². The van der Waals surface area contributed by atoms with Crippen molar-refractivity contribution in [1.29, 1.82) is 0 Å². The average molecular weight is 290 g/mol. The van der Waals surface area contributed by atoms with Crippen LogP contribution in [0.1, 0.15) is 5.56 Å². The zero-order valence-electron chi connectivity index (χ0n) is 9.86. The third-order valence-corrected chi connectivity index (χ3v) is 5.86. The van der Waals surface area contributed by atoms with Crippen molar-refractivity contribution in [3.8, 4) is 0 Å². The van der Waals surface area contributed by atoms with Crippen molar-refractivity contribution in [2.24, 2.45) is 5.84 Å². The molecular weight excluding hydrogens is 274 g/mol. The summed E-state index contributed by atoms with van der Waals surface area (Å²) in [4.78, 5) is 0. The van der Waals surface area contributed by atoms with Crippen molar-refractivity contribution in [2.75, 3.05) is 17.3 Å². The third kappa shape index (κ3) is 3.60. The number of halogens is 2. The van der Waals surface area contributed by atoms with Crippen LogP contribution in [-0.4, -0.2) is 28.6 Å². The largest absolute Gasteiger partial charge is 0.271 e. The maximum absolute atomic E-state index is 13.1. The molecule has 1 fully saturated rings. The Morgan fingerprint density at radius 1 is 1.33 bits per heavy atom. The second-order valence-corrected chi connectivity index (χ2v) is 6.71. The third-order valence-electron chi connectivity index (χ3n) is 2.94. The molecule has 2 unspecified atom stereocenters. The van der Waals surface area contributed by atoms with Crippen molar-refractivity contribution in [2.45, 2.75) is 17.7 Å². The van der Waals surface area contributed by atoms with E-state index in [2.05, 4.69) is 5.43 Å². The fourth-order valence-electron chi connectivity index (χ4n) is 1.96. The highest BCUT2D eigenvalue weighted by Gasteiger charge is 2.24. The molecule has 2 nitrogen and oxygen atoms in total. The van der Waals surface area contributed by atoms with Gasteiger partial charge in [-0.3, -0.25) is 11.3 Å². The Balaban J connectivity index is 2.02. The number of hydrazine groups is 1. The molecule has 1 aliphatic heterocycles. The second kappa shape index (κ2) is 6.75. The van der Waals surface area contributed by atoms with Gasteiger partial charge in [0.25, 0.3) is 0 Å². The van der Waals surface area contributed by atoms with Gasteiger partial charge in [0.05, 0.1) is 0 Å². The van der Waals surface area contributed by atoms with E-state index >= 15 is 0 Å². The zero-order valence-corrected chi connectivity index (χ0v) is 11.5. The van der Waals surface area contributed by atoms with Crippen LogP contribution in [-0.2, 0) is 6.42 Å². The fraction of sp³-hybridized carbons (Fsp3) is 0.500. The first-order valence-corrected chi connectivity index (χ1v) is 8.00. The summed E-state index contributed by atoms with van der Waals surface area (Å²) >= 11 is 3.80. The van der Waals surface area contributed by atoms with Gasteiger partial charge in [-0.1, -0.05) is 6.07 Å². The molecular formula is C12H16F2N2S2. The quantitative estimate of drug-likeness (QED) is 0.658. The highest BCUT2D eigenvalue weighted by Crippen LogP contribution is 2.27. The normalized spacial score (nSPS) is 21.8. The molecule has 1 aromatic rings. The summed E-state index contributed by atoms with van der Waals surface area (Å²) in [6, 6.07) is 4.12. The number of hydrogen-bond acceptors (Lipinski definition) is 4. The molecule has 0 radical (unpaired) electrons. The number of nitrogens with two attached hydrogens (primary N) is 1. The highest BCUT2D eigenvalue weighted by molar-refractivity contribution is 8.06. The van der Waals surface area contributed by atoms with Gasteiger partial charge in [-0.25, -0.2) is 8.78 Å². The summed E-state index contributed by atoms with van der Waals surface area (Å²) in [5.41, 5.74) is 3.58. The lowest BCUT2D eigenvalue weighted by Gasteiger charge is -2.29. The molecule has 2 atom stereocenters. The average Bonchev–Trinajstić information content (AvgIpc) is 2.41. The lowest BCUT2D eigenvalue weighted by Crippen LogP contribution is -2.46. The molecule has 1 saturated heterocycles. The van der Waals surface area contributed by atoms with Crippen molar-refractivity contribution in [3.05, 3.63) is 35.4 Å². The van der Waals surface area contributed by atoms with Crippen molar-refractivity contribution < 1.29 is 8.78 Å². The van der Waals surface area contributed by atoms with Crippen LogP contribution >= 0.6 is 23.5 Å². The van der Waals surface area contributed by atoms with Crippen LogP contribution in [0.5, 0.6) is 0 Å². The molecule has 1 aliphatic rings. The van der Waals surface area contributed by atoms with E-state index in [9.17, 15) is 8.78 Å². The van der Waals surface area contributed by atoms with Gasteiger partial charge < -0.3 is 0 Å². The molecule has 0 aromatic heterocycles. The SMILES string of the molecule is NNC(Cc1ccc(F)c(F)c1)C1CSCCS1. The molecule has 6 heteroatoms. The standard InChI is InChI=1S/C12H16F2N2S2/c13-9-2-1-8(5-10(9)14)6-11(16-15)12-7-17-3-4-18-12/h1-2,5,11-12,16H,3-4,6-7,15H2. The number of rotatable bonds is 4. The Kier molecular flexibility index (Phi) is 5.29.